The third-order valence-electron chi connectivity index (χ3n) is 5.95. The zero-order valence-corrected chi connectivity index (χ0v) is 22.6. The largest absolute Gasteiger partial charge is 0.457 e. The van der Waals surface area contributed by atoms with Crippen LogP contribution in [0.5, 0.6) is 11.5 Å². The number of fused-ring (bicyclic) bond motifs is 1. The lowest BCUT2D eigenvalue weighted by Crippen LogP contribution is -2.45. The first-order chi connectivity index (χ1) is 19.9. The molecule has 0 aliphatic carbocycles. The van der Waals surface area contributed by atoms with E-state index >= 15 is 0 Å². The molecule has 3 amide bonds. The van der Waals surface area contributed by atoms with Crippen LogP contribution in [0.3, 0.4) is 0 Å². The van der Waals surface area contributed by atoms with Gasteiger partial charge in [0.1, 0.15) is 30.3 Å². The molecule has 0 aliphatic heterocycles. The first-order valence-electron chi connectivity index (χ1n) is 12.8. The molecule has 3 N–H and O–H groups in total. The summed E-state index contributed by atoms with van der Waals surface area (Å²) in [7, 11) is 0. The molecule has 1 heterocycles. The van der Waals surface area contributed by atoms with Crippen LogP contribution in [0.4, 0.5) is 24.5 Å². The smallest absolute Gasteiger partial charge is 0.416 e. The third kappa shape index (κ3) is 7.45. The van der Waals surface area contributed by atoms with E-state index in [0.29, 0.717) is 28.0 Å². The number of rotatable bonds is 9. The van der Waals surface area contributed by atoms with Gasteiger partial charge in [-0.25, -0.2) is 4.85 Å². The zero-order valence-electron chi connectivity index (χ0n) is 22.6. The van der Waals surface area contributed by atoms with Crippen LogP contribution in [-0.4, -0.2) is 46.7 Å². The molecule has 0 bridgehead atoms. The van der Waals surface area contributed by atoms with Crippen molar-refractivity contribution in [2.24, 2.45) is 0 Å². The molecular formula is C30H26F3N5O4. The van der Waals surface area contributed by atoms with Crippen molar-refractivity contribution in [3.05, 3.63) is 95.5 Å². The Morgan fingerprint density at radius 2 is 1.57 bits per heavy atom. The highest BCUT2D eigenvalue weighted by Crippen LogP contribution is 2.31. The summed E-state index contributed by atoms with van der Waals surface area (Å²) in [6, 6.07) is 16.8. The number of aromatic nitrogens is 1. The Morgan fingerprint density at radius 3 is 2.17 bits per heavy atom. The second-order valence-corrected chi connectivity index (χ2v) is 9.62. The van der Waals surface area contributed by atoms with Crippen molar-refractivity contribution in [2.45, 2.75) is 26.1 Å². The lowest BCUT2D eigenvalue weighted by molar-refractivity contribution is -0.137. The Labute approximate surface area is 239 Å². The Hall–Kier alpha value is -5.31. The topological polar surface area (TPSA) is 108 Å². The highest BCUT2D eigenvalue weighted by Gasteiger charge is 2.30. The predicted molar refractivity (Wildman–Crippen MR) is 150 cm³/mol. The van der Waals surface area contributed by atoms with Gasteiger partial charge < -0.3 is 25.3 Å². The van der Waals surface area contributed by atoms with Crippen LogP contribution in [0, 0.1) is 6.57 Å². The zero-order chi connectivity index (χ0) is 30.4. The molecule has 0 saturated heterocycles. The van der Waals surface area contributed by atoms with E-state index in [-0.39, 0.29) is 24.0 Å². The van der Waals surface area contributed by atoms with Crippen LogP contribution in [0.25, 0.3) is 15.7 Å². The van der Waals surface area contributed by atoms with E-state index in [1.807, 2.05) is 0 Å². The molecule has 0 fully saturated rings. The molecule has 4 rings (SSSR count). The van der Waals surface area contributed by atoms with Crippen molar-refractivity contribution in [3.8, 4) is 11.5 Å². The molecular weight excluding hydrogens is 551 g/mol. The Balaban J connectivity index is 1.45. The number of halogens is 3. The van der Waals surface area contributed by atoms with E-state index in [4.69, 9.17) is 11.3 Å². The molecule has 0 saturated carbocycles. The van der Waals surface area contributed by atoms with Gasteiger partial charge in [0.25, 0.3) is 5.91 Å². The summed E-state index contributed by atoms with van der Waals surface area (Å²) in [5.41, 5.74) is 0.506. The van der Waals surface area contributed by atoms with Crippen molar-refractivity contribution >= 4 is 40.0 Å². The predicted octanol–water partition coefficient (Wildman–Crippen LogP) is 6.14. The van der Waals surface area contributed by atoms with Gasteiger partial charge in [0.15, 0.2) is 0 Å². The number of ether oxygens (including phenoxy) is 1. The lowest BCUT2D eigenvalue weighted by Gasteiger charge is -2.22. The molecule has 12 heteroatoms. The average molecular weight is 578 g/mol. The molecule has 216 valence electrons. The maximum Gasteiger partial charge on any atom is 0.416 e. The fraction of sp³-hybridized carbons (Fsp3) is 0.200. The molecule has 0 unspecified atom stereocenters. The van der Waals surface area contributed by atoms with Gasteiger partial charge >= 0.3 is 6.18 Å². The number of nitrogens with zero attached hydrogens (tertiary/aromatic N) is 2. The molecule has 9 nitrogen and oxygen atoms in total. The molecule has 4 aromatic rings. The summed E-state index contributed by atoms with van der Waals surface area (Å²) in [6.45, 7) is 10.1. The van der Waals surface area contributed by atoms with Gasteiger partial charge in [0.2, 0.25) is 17.5 Å². The second kappa shape index (κ2) is 12.5. The summed E-state index contributed by atoms with van der Waals surface area (Å²) in [5, 5.41) is 6.00. The van der Waals surface area contributed by atoms with Crippen LogP contribution in [0.15, 0.2) is 72.8 Å². The average Bonchev–Trinajstić information content (AvgIpc) is 3.37. The van der Waals surface area contributed by atoms with Crippen molar-refractivity contribution in [1.29, 1.82) is 0 Å². The van der Waals surface area contributed by atoms with Gasteiger partial charge in [-0.3, -0.25) is 14.4 Å². The molecule has 1 aromatic heterocycles. The van der Waals surface area contributed by atoms with Crippen molar-refractivity contribution in [1.82, 2.24) is 15.2 Å². The summed E-state index contributed by atoms with van der Waals surface area (Å²) >= 11 is 0. The normalized spacial score (nSPS) is 11.2. The van der Waals surface area contributed by atoms with Gasteiger partial charge in [0.05, 0.1) is 17.7 Å². The molecule has 0 atom stereocenters. The fourth-order valence-electron chi connectivity index (χ4n) is 4.09. The van der Waals surface area contributed by atoms with Crippen LogP contribution in [0.1, 0.15) is 29.9 Å². The summed E-state index contributed by atoms with van der Waals surface area (Å²) in [4.78, 5) is 46.3. The van der Waals surface area contributed by atoms with Gasteiger partial charge in [0, 0.05) is 11.7 Å². The van der Waals surface area contributed by atoms with Crippen LogP contribution < -0.4 is 15.4 Å². The SMILES string of the molecule is [C-]#[N+]c1cccc2cc(C(=O)N(CC(=O)Nc3ccc(Oc4ccc(C(F)(F)F)cc4)cc3)CC(=O)NC(C)C)[nH]c12. The third-order valence-corrected chi connectivity index (χ3v) is 5.95. The first-order valence-corrected chi connectivity index (χ1v) is 12.8. The number of aromatic amines is 1. The van der Waals surface area contributed by atoms with Crippen LogP contribution in [-0.2, 0) is 15.8 Å². The maximum atomic E-state index is 13.4. The van der Waals surface area contributed by atoms with Gasteiger partial charge in [-0.15, -0.1) is 0 Å². The number of carbonyl (C=O) groups is 3. The van der Waals surface area contributed by atoms with Crippen molar-refractivity contribution in [3.63, 3.8) is 0 Å². The van der Waals surface area contributed by atoms with E-state index in [0.717, 1.165) is 17.0 Å². The van der Waals surface area contributed by atoms with E-state index in [9.17, 15) is 27.6 Å². The minimum absolute atomic E-state index is 0.121. The number of hydrogen-bond acceptors (Lipinski definition) is 4. The van der Waals surface area contributed by atoms with Crippen molar-refractivity contribution in [2.75, 3.05) is 18.4 Å². The minimum Gasteiger partial charge on any atom is -0.457 e. The quantitative estimate of drug-likeness (QED) is 0.208. The van der Waals surface area contributed by atoms with E-state index < -0.39 is 36.0 Å². The number of carbonyl (C=O) groups excluding carboxylic acids is 3. The Bertz CT molecular complexity index is 1640. The number of nitrogens with one attached hydrogen (secondary N) is 3. The molecule has 0 aliphatic rings. The standard InChI is InChI=1S/C30H26F3N5O4/c1-18(2)35-26(39)16-38(29(41)25-15-19-5-4-6-24(34-3)28(19)37-25)17-27(40)36-21-9-13-23(14-10-21)42-22-11-7-20(8-12-22)30(31,32)33/h4-15,18,37H,16-17H2,1-2H3,(H,35,39)(H,36,40). The number of H-pyrrole nitrogens is 1. The molecule has 3 aromatic carbocycles. The number of hydrogen-bond donors (Lipinski definition) is 3. The minimum atomic E-state index is -4.45. The van der Waals surface area contributed by atoms with E-state index in [2.05, 4.69) is 20.5 Å². The van der Waals surface area contributed by atoms with E-state index in [1.54, 1.807) is 38.1 Å². The highest BCUT2D eigenvalue weighted by atomic mass is 19.4. The Kier molecular flexibility index (Phi) is 8.81. The number of para-hydroxylation sites is 1. The number of alkyl halides is 3. The summed E-state index contributed by atoms with van der Waals surface area (Å²) < 4.78 is 43.9. The van der Waals surface area contributed by atoms with Crippen LogP contribution in [0.2, 0.25) is 0 Å². The monoisotopic (exact) mass is 577 g/mol. The first kappa shape index (κ1) is 29.7. The number of amides is 3. The molecule has 0 radical (unpaired) electrons. The number of benzene rings is 3. The summed E-state index contributed by atoms with van der Waals surface area (Å²) in [6.07, 6.45) is -4.45. The van der Waals surface area contributed by atoms with Crippen LogP contribution >= 0.6 is 0 Å². The van der Waals surface area contributed by atoms with Crippen molar-refractivity contribution < 1.29 is 32.3 Å². The fourth-order valence-corrected chi connectivity index (χ4v) is 4.09. The number of anilines is 1. The maximum absolute atomic E-state index is 13.4. The van der Waals surface area contributed by atoms with E-state index in [1.165, 1.54) is 36.4 Å². The highest BCUT2D eigenvalue weighted by molar-refractivity contribution is 6.04. The summed E-state index contributed by atoms with van der Waals surface area (Å²) in [5.74, 6) is -1.10. The molecule has 42 heavy (non-hydrogen) atoms. The van der Waals surface area contributed by atoms with Gasteiger partial charge in [-0.2, -0.15) is 13.2 Å². The van der Waals surface area contributed by atoms with Gasteiger partial charge in [-0.05, 0) is 73.8 Å². The lowest BCUT2D eigenvalue weighted by atomic mass is 10.2. The Morgan fingerprint density at radius 1 is 0.952 bits per heavy atom. The second-order valence-electron chi connectivity index (χ2n) is 9.62. The van der Waals surface area contributed by atoms with Gasteiger partial charge in [-0.1, -0.05) is 18.2 Å². The molecule has 0 spiro atoms.